The van der Waals surface area contributed by atoms with Crippen molar-refractivity contribution in [3.8, 4) is 0 Å². The number of fused-ring (bicyclic) bond motifs is 2. The van der Waals surface area contributed by atoms with Gasteiger partial charge in [-0.1, -0.05) is 42.5 Å². The molecule has 0 bridgehead atoms. The standard InChI is InChI=1S/C13H9NO.C6H6BrN.ClH/c15-13-9-5-1-3-7-11(9)14-12-8-4-2-6-10(12)13;7-8-6-4-2-1-3-5-6;/h1-8H,(H,14,15);1-5,8H;1H. The van der Waals surface area contributed by atoms with Gasteiger partial charge in [0.15, 0.2) is 5.43 Å². The molecule has 2 N–H and O–H groups in total. The summed E-state index contributed by atoms with van der Waals surface area (Å²) in [7, 11) is 0. The van der Waals surface area contributed by atoms with Crippen molar-refractivity contribution in [3.63, 3.8) is 0 Å². The zero-order valence-electron chi connectivity index (χ0n) is 12.7. The van der Waals surface area contributed by atoms with Crippen LogP contribution in [0.4, 0.5) is 5.69 Å². The topological polar surface area (TPSA) is 44.9 Å². The van der Waals surface area contributed by atoms with Gasteiger partial charge in [-0.15, -0.1) is 12.4 Å². The molecule has 4 rings (SSSR count). The van der Waals surface area contributed by atoms with E-state index in [4.69, 9.17) is 0 Å². The highest BCUT2D eigenvalue weighted by molar-refractivity contribution is 9.10. The molecule has 0 saturated carbocycles. The van der Waals surface area contributed by atoms with Gasteiger partial charge in [-0.05, 0) is 36.4 Å². The van der Waals surface area contributed by atoms with Crippen LogP contribution in [0, 0.1) is 0 Å². The Balaban J connectivity index is 0.000000199. The first-order valence-electron chi connectivity index (χ1n) is 7.21. The molecule has 0 amide bonds. The van der Waals surface area contributed by atoms with Crippen LogP contribution < -0.4 is 9.77 Å². The van der Waals surface area contributed by atoms with Crippen molar-refractivity contribution in [2.24, 2.45) is 0 Å². The van der Waals surface area contributed by atoms with E-state index in [0.717, 1.165) is 27.5 Å². The van der Waals surface area contributed by atoms with E-state index in [0.29, 0.717) is 0 Å². The molecule has 4 aromatic rings. The third-order valence-electron chi connectivity index (χ3n) is 3.50. The summed E-state index contributed by atoms with van der Waals surface area (Å²) in [4.78, 5) is 15.3. The van der Waals surface area contributed by atoms with E-state index in [9.17, 15) is 4.79 Å². The van der Waals surface area contributed by atoms with E-state index in [-0.39, 0.29) is 17.8 Å². The third kappa shape index (κ3) is 3.96. The van der Waals surface area contributed by atoms with Gasteiger partial charge >= 0.3 is 0 Å². The number of rotatable bonds is 1. The number of aromatic nitrogens is 1. The maximum atomic E-state index is 12.1. The maximum Gasteiger partial charge on any atom is 0.197 e. The van der Waals surface area contributed by atoms with Crippen molar-refractivity contribution >= 4 is 56.0 Å². The van der Waals surface area contributed by atoms with Gasteiger partial charge in [0.05, 0.1) is 0 Å². The SMILES string of the molecule is BrNc1ccccc1.Cl.O=c1c2ccccc2[nH]c2ccccc12. The van der Waals surface area contributed by atoms with Gasteiger partial charge in [0.1, 0.15) is 0 Å². The van der Waals surface area contributed by atoms with Gasteiger partial charge in [-0.2, -0.15) is 0 Å². The summed E-state index contributed by atoms with van der Waals surface area (Å²) in [6.45, 7) is 0. The summed E-state index contributed by atoms with van der Waals surface area (Å²) in [6.07, 6.45) is 0. The van der Waals surface area contributed by atoms with E-state index in [1.807, 2.05) is 78.9 Å². The molecule has 0 unspecified atom stereocenters. The van der Waals surface area contributed by atoms with Crippen LogP contribution in [0.25, 0.3) is 21.8 Å². The predicted octanol–water partition coefficient (Wildman–Crippen LogP) is 5.51. The van der Waals surface area contributed by atoms with Gasteiger partial charge in [-0.25, -0.2) is 0 Å². The Morgan fingerprint density at radius 3 is 1.62 bits per heavy atom. The summed E-state index contributed by atoms with van der Waals surface area (Å²) in [5.74, 6) is 0. The Hall–Kier alpha value is -2.30. The van der Waals surface area contributed by atoms with Crippen molar-refractivity contribution in [2.45, 2.75) is 0 Å². The summed E-state index contributed by atoms with van der Waals surface area (Å²) >= 11 is 3.11. The van der Waals surface area contributed by atoms with Gasteiger partial charge in [0, 0.05) is 43.6 Å². The van der Waals surface area contributed by atoms with E-state index in [2.05, 4.69) is 25.5 Å². The minimum atomic E-state index is 0. The largest absolute Gasteiger partial charge is 0.354 e. The lowest BCUT2D eigenvalue weighted by Crippen LogP contribution is -2.03. The number of anilines is 1. The number of hydrogen-bond donors (Lipinski definition) is 2. The highest BCUT2D eigenvalue weighted by Gasteiger charge is 2.02. The zero-order chi connectivity index (χ0) is 16.1. The average Bonchev–Trinajstić information content (AvgIpc) is 2.63. The molecular weight excluding hydrogens is 388 g/mol. The molecular formula is C19H16BrClN2O. The molecule has 24 heavy (non-hydrogen) atoms. The van der Waals surface area contributed by atoms with Crippen molar-refractivity contribution < 1.29 is 0 Å². The minimum Gasteiger partial charge on any atom is -0.354 e. The third-order valence-corrected chi connectivity index (χ3v) is 3.95. The Bertz CT molecular complexity index is 929. The molecule has 122 valence electrons. The zero-order valence-corrected chi connectivity index (χ0v) is 15.1. The molecule has 0 spiro atoms. The molecule has 1 aromatic heterocycles. The number of pyridine rings is 1. The number of benzene rings is 3. The lowest BCUT2D eigenvalue weighted by Gasteiger charge is -2.01. The molecule has 0 saturated heterocycles. The molecule has 0 atom stereocenters. The second kappa shape index (κ2) is 8.52. The summed E-state index contributed by atoms with van der Waals surface area (Å²) in [5, 5.41) is 1.49. The van der Waals surface area contributed by atoms with Crippen LogP contribution in [-0.2, 0) is 0 Å². The number of aromatic amines is 1. The fraction of sp³-hybridized carbons (Fsp3) is 0. The summed E-state index contributed by atoms with van der Waals surface area (Å²) < 4.78 is 2.84. The number of para-hydroxylation sites is 3. The predicted molar refractivity (Wildman–Crippen MR) is 108 cm³/mol. The molecule has 0 aliphatic rings. The fourth-order valence-corrected chi connectivity index (χ4v) is 2.64. The maximum absolute atomic E-state index is 12.1. The Labute approximate surface area is 154 Å². The average molecular weight is 404 g/mol. The first kappa shape index (κ1) is 18.0. The summed E-state index contributed by atoms with van der Waals surface area (Å²) in [5.41, 5.74) is 2.95. The quantitative estimate of drug-likeness (QED) is 0.325. The molecule has 0 fully saturated rings. The van der Waals surface area contributed by atoms with Gasteiger partial charge in [-0.3, -0.25) is 4.79 Å². The first-order valence-corrected chi connectivity index (χ1v) is 8.00. The Morgan fingerprint density at radius 1 is 0.708 bits per heavy atom. The Morgan fingerprint density at radius 2 is 1.17 bits per heavy atom. The summed E-state index contributed by atoms with van der Waals surface area (Å²) in [6, 6.07) is 25.0. The lowest BCUT2D eigenvalue weighted by molar-refractivity contribution is 1.48. The van der Waals surface area contributed by atoms with Crippen molar-refractivity contribution in [2.75, 3.05) is 4.34 Å². The smallest absolute Gasteiger partial charge is 0.197 e. The number of hydrogen-bond acceptors (Lipinski definition) is 2. The van der Waals surface area contributed by atoms with Gasteiger partial charge in [0.2, 0.25) is 0 Å². The number of halogens is 2. The highest BCUT2D eigenvalue weighted by Crippen LogP contribution is 2.13. The highest BCUT2D eigenvalue weighted by atomic mass is 79.9. The second-order valence-electron chi connectivity index (χ2n) is 5.01. The number of H-pyrrole nitrogens is 1. The Kier molecular flexibility index (Phi) is 6.41. The van der Waals surface area contributed by atoms with E-state index in [1.165, 1.54) is 0 Å². The van der Waals surface area contributed by atoms with Gasteiger partial charge in [0.25, 0.3) is 0 Å². The monoisotopic (exact) mass is 402 g/mol. The lowest BCUT2D eigenvalue weighted by atomic mass is 10.1. The van der Waals surface area contributed by atoms with Crippen molar-refractivity contribution in [1.29, 1.82) is 0 Å². The minimum absolute atomic E-state index is 0. The van der Waals surface area contributed by atoms with Crippen molar-refractivity contribution in [1.82, 2.24) is 4.98 Å². The molecule has 5 heteroatoms. The second-order valence-corrected chi connectivity index (χ2v) is 5.40. The van der Waals surface area contributed by atoms with E-state index in [1.54, 1.807) is 0 Å². The normalized spacial score (nSPS) is 9.71. The molecule has 3 nitrogen and oxygen atoms in total. The molecule has 0 radical (unpaired) electrons. The van der Waals surface area contributed by atoms with Crippen LogP contribution in [0.3, 0.4) is 0 Å². The van der Waals surface area contributed by atoms with Crippen LogP contribution in [0.5, 0.6) is 0 Å². The van der Waals surface area contributed by atoms with Crippen LogP contribution in [0.1, 0.15) is 0 Å². The van der Waals surface area contributed by atoms with Crippen LogP contribution in [0.2, 0.25) is 0 Å². The van der Waals surface area contributed by atoms with Crippen molar-refractivity contribution in [3.05, 3.63) is 89.1 Å². The fourth-order valence-electron chi connectivity index (χ4n) is 2.37. The molecule has 1 heterocycles. The van der Waals surface area contributed by atoms with Crippen LogP contribution >= 0.6 is 28.6 Å². The molecule has 0 aliphatic heterocycles. The number of nitrogens with one attached hydrogen (secondary N) is 2. The van der Waals surface area contributed by atoms with E-state index >= 15 is 0 Å². The molecule has 0 aliphatic carbocycles. The first-order chi connectivity index (χ1) is 11.3. The van der Waals surface area contributed by atoms with Crippen LogP contribution in [-0.4, -0.2) is 4.98 Å². The molecule has 3 aromatic carbocycles. The van der Waals surface area contributed by atoms with Crippen LogP contribution in [0.15, 0.2) is 83.7 Å². The van der Waals surface area contributed by atoms with E-state index < -0.39 is 0 Å². The van der Waals surface area contributed by atoms with Gasteiger partial charge < -0.3 is 9.33 Å².